The van der Waals surface area contributed by atoms with Gasteiger partial charge in [-0.25, -0.2) is 0 Å². The summed E-state index contributed by atoms with van der Waals surface area (Å²) in [6.07, 6.45) is 6.89. The van der Waals surface area contributed by atoms with Crippen molar-refractivity contribution in [1.82, 2.24) is 0 Å². The van der Waals surface area contributed by atoms with Gasteiger partial charge in [-0.1, -0.05) is 13.8 Å². The Morgan fingerprint density at radius 1 is 0.733 bits per heavy atom. The highest BCUT2D eigenvalue weighted by molar-refractivity contribution is 7.87. The number of fused-ring (bicyclic) bond motifs is 4. The largest absolute Gasteiger partial charge is 0.465 e. The van der Waals surface area contributed by atoms with E-state index in [1.807, 2.05) is 0 Å². The fourth-order valence-corrected chi connectivity index (χ4v) is 8.75. The van der Waals surface area contributed by atoms with E-state index >= 15 is 0 Å². The Morgan fingerprint density at radius 3 is 1.60 bits per heavy atom. The van der Waals surface area contributed by atoms with Crippen LogP contribution in [0.25, 0.3) is 0 Å². The van der Waals surface area contributed by atoms with Crippen LogP contribution < -0.4 is 0 Å². The molecule has 0 spiro atoms. The lowest BCUT2D eigenvalue weighted by Gasteiger charge is -2.42. The molecule has 0 aliphatic heterocycles. The normalized spacial score (nSPS) is 33.4. The van der Waals surface area contributed by atoms with Gasteiger partial charge in [0.1, 0.15) is 18.6 Å². The molecule has 258 valence electrons. The molecule has 0 radical (unpaired) electrons. The van der Waals surface area contributed by atoms with Crippen LogP contribution in [0.4, 0.5) is 17.6 Å². The molecule has 8 atom stereocenters. The first kappa shape index (κ1) is 35.9. The number of hydrogen-bond acceptors (Lipinski definition) is 8. The zero-order chi connectivity index (χ0) is 33.4. The Hall–Kier alpha value is -1.96. The second-order valence-corrected chi connectivity index (χ2v) is 16.1. The molecule has 0 amide bonds. The number of carbonyl (C=O) groups is 3. The van der Waals surface area contributed by atoms with Crippen molar-refractivity contribution in [2.45, 2.75) is 103 Å². The van der Waals surface area contributed by atoms with Crippen molar-refractivity contribution in [3.63, 3.8) is 0 Å². The van der Waals surface area contributed by atoms with Crippen LogP contribution in [0.5, 0.6) is 0 Å². The van der Waals surface area contributed by atoms with E-state index in [2.05, 4.69) is 13.8 Å². The molecule has 4 aliphatic carbocycles. The van der Waals surface area contributed by atoms with Gasteiger partial charge in [-0.2, -0.15) is 26.0 Å². The Bertz CT molecular complexity index is 1150. The summed E-state index contributed by atoms with van der Waals surface area (Å²) >= 11 is 0. The van der Waals surface area contributed by atoms with Crippen LogP contribution in [0.15, 0.2) is 0 Å². The smallest absolute Gasteiger partial charge is 0.431 e. The molecule has 4 rings (SSSR count). The molecular weight excluding hydrogens is 624 g/mol. The molecule has 0 aromatic carbocycles. The Kier molecular flexibility index (Phi) is 10.9. The van der Waals surface area contributed by atoms with Crippen LogP contribution >= 0.6 is 0 Å². The summed E-state index contributed by atoms with van der Waals surface area (Å²) < 4.78 is 101. The van der Waals surface area contributed by atoms with Gasteiger partial charge in [-0.3, -0.25) is 18.9 Å². The second kappa shape index (κ2) is 13.6. The predicted molar refractivity (Wildman–Crippen MR) is 152 cm³/mol. The Labute approximate surface area is 262 Å². The molecule has 45 heavy (non-hydrogen) atoms. The predicted octanol–water partition coefficient (Wildman–Crippen LogP) is 6.05. The molecule has 4 saturated carbocycles. The van der Waals surface area contributed by atoms with Crippen LogP contribution in [0, 0.1) is 52.8 Å². The first-order chi connectivity index (χ1) is 20.8. The number of halogens is 4. The molecule has 8 unspecified atom stereocenters. The molecule has 4 fully saturated rings. The molecule has 9 nitrogen and oxygen atoms in total. The van der Waals surface area contributed by atoms with Crippen molar-refractivity contribution in [1.29, 1.82) is 0 Å². The van der Waals surface area contributed by atoms with Gasteiger partial charge >= 0.3 is 39.2 Å². The lowest BCUT2D eigenvalue weighted by Crippen LogP contribution is -2.48. The topological polar surface area (TPSA) is 133 Å². The molecule has 0 saturated heterocycles. The standard InChI is InChI=1S/C31H46F4O9S/c1-18-10-20-4-6-24(22(12-18)14-20)26(36)43-16-29(3,28(38)42-9-8-30(32,33)31(34,35)45(39,40)41)17-44-27(37)25-7-5-21-11-19(2)13-23(25)15-21/h18-25H,4-17H2,1-3H3,(H,39,40,41). The number of alkyl halides is 4. The minimum atomic E-state index is -6.46. The minimum absolute atomic E-state index is 0.135. The SMILES string of the molecule is CC1CC2CCC(C(=O)OCC(C)(COC(=O)C3CCC4CC(C)CC3C4)C(=O)OCCC(F)(F)C(F)(F)S(=O)(=O)O)C(C1)C2. The zero-order valence-electron chi connectivity index (χ0n) is 26.2. The summed E-state index contributed by atoms with van der Waals surface area (Å²) in [5.41, 5.74) is -1.86. The van der Waals surface area contributed by atoms with Crippen molar-refractivity contribution in [2.75, 3.05) is 19.8 Å². The molecule has 0 aromatic rings. The number of ether oxygens (including phenoxy) is 3. The summed E-state index contributed by atoms with van der Waals surface area (Å²) in [6.45, 7) is 2.99. The van der Waals surface area contributed by atoms with Gasteiger partial charge in [-0.15, -0.1) is 0 Å². The average molecular weight is 671 g/mol. The summed E-state index contributed by atoms with van der Waals surface area (Å²) in [6, 6.07) is 0. The minimum Gasteiger partial charge on any atom is -0.465 e. The quantitative estimate of drug-likeness (QED) is 0.114. The summed E-state index contributed by atoms with van der Waals surface area (Å²) in [4.78, 5) is 39.6. The van der Waals surface area contributed by atoms with Crippen LogP contribution in [-0.2, 0) is 38.7 Å². The van der Waals surface area contributed by atoms with E-state index < -0.39 is 70.9 Å². The van der Waals surface area contributed by atoms with Gasteiger partial charge in [0, 0.05) is 0 Å². The van der Waals surface area contributed by atoms with E-state index in [4.69, 9.17) is 18.8 Å². The third-order valence-corrected chi connectivity index (χ3v) is 11.6. The van der Waals surface area contributed by atoms with E-state index in [0.717, 1.165) is 51.4 Å². The number of hydrogen-bond donors (Lipinski definition) is 1. The Morgan fingerprint density at radius 2 is 1.18 bits per heavy atom. The molecule has 0 aromatic heterocycles. The summed E-state index contributed by atoms with van der Waals surface area (Å²) in [7, 11) is -6.46. The van der Waals surface area contributed by atoms with Crippen molar-refractivity contribution in [3.05, 3.63) is 0 Å². The van der Waals surface area contributed by atoms with Crippen LogP contribution in [0.3, 0.4) is 0 Å². The van der Waals surface area contributed by atoms with Gasteiger partial charge in [0.2, 0.25) is 0 Å². The van der Waals surface area contributed by atoms with Crippen molar-refractivity contribution in [3.8, 4) is 0 Å². The Balaban J connectivity index is 1.42. The maximum Gasteiger partial charge on any atom is 0.431 e. The van der Waals surface area contributed by atoms with Gasteiger partial charge < -0.3 is 14.2 Å². The van der Waals surface area contributed by atoms with Crippen LogP contribution in [-0.4, -0.2) is 61.9 Å². The van der Waals surface area contributed by atoms with Crippen LogP contribution in [0.1, 0.15) is 91.4 Å². The lowest BCUT2D eigenvalue weighted by atomic mass is 9.64. The number of carbonyl (C=O) groups excluding carboxylic acids is 3. The first-order valence-electron chi connectivity index (χ1n) is 16.1. The molecular formula is C31H46F4O9S. The number of rotatable bonds is 12. The van der Waals surface area contributed by atoms with Gasteiger partial charge in [0.25, 0.3) is 0 Å². The lowest BCUT2D eigenvalue weighted by molar-refractivity contribution is -0.184. The molecule has 4 bridgehead atoms. The van der Waals surface area contributed by atoms with Crippen molar-refractivity contribution < 1.29 is 59.1 Å². The summed E-state index contributed by atoms with van der Waals surface area (Å²) in [5.74, 6) is -6.00. The number of esters is 3. The van der Waals surface area contributed by atoms with Crippen molar-refractivity contribution >= 4 is 28.0 Å². The van der Waals surface area contributed by atoms with E-state index in [0.29, 0.717) is 36.5 Å². The molecule has 4 aliphatic rings. The highest BCUT2D eigenvalue weighted by Gasteiger charge is 2.65. The average Bonchev–Trinajstić information content (AvgIpc) is 2.93. The third-order valence-electron chi connectivity index (χ3n) is 10.6. The fraction of sp³-hybridized carbons (Fsp3) is 0.903. The van der Waals surface area contributed by atoms with E-state index in [1.165, 1.54) is 6.92 Å². The maximum atomic E-state index is 14.0. The molecule has 1 N–H and O–H groups in total. The fourth-order valence-electron chi connectivity index (χ4n) is 8.27. The first-order valence-corrected chi connectivity index (χ1v) is 17.5. The van der Waals surface area contributed by atoms with Crippen LogP contribution in [0.2, 0.25) is 0 Å². The van der Waals surface area contributed by atoms with Gasteiger partial charge in [0.15, 0.2) is 0 Å². The molecule has 14 heteroatoms. The highest BCUT2D eigenvalue weighted by atomic mass is 32.2. The van der Waals surface area contributed by atoms with Crippen molar-refractivity contribution in [2.24, 2.45) is 52.8 Å². The summed E-state index contributed by atoms with van der Waals surface area (Å²) in [5, 5.41) is -5.81. The zero-order valence-corrected chi connectivity index (χ0v) is 27.0. The van der Waals surface area contributed by atoms with E-state index in [1.54, 1.807) is 0 Å². The van der Waals surface area contributed by atoms with E-state index in [-0.39, 0.29) is 23.7 Å². The molecule has 0 heterocycles. The maximum absolute atomic E-state index is 14.0. The second-order valence-electron chi connectivity index (χ2n) is 14.6. The van der Waals surface area contributed by atoms with Gasteiger partial charge in [0.05, 0.1) is 24.9 Å². The van der Waals surface area contributed by atoms with Gasteiger partial charge in [-0.05, 0) is 107 Å². The monoisotopic (exact) mass is 670 g/mol. The highest BCUT2D eigenvalue weighted by Crippen LogP contribution is 2.47. The van der Waals surface area contributed by atoms with E-state index in [9.17, 15) is 40.4 Å². The third kappa shape index (κ3) is 8.13.